The lowest BCUT2D eigenvalue weighted by molar-refractivity contribution is -0.117. The van der Waals surface area contributed by atoms with Crippen molar-refractivity contribution < 1.29 is 14.3 Å². The maximum Gasteiger partial charge on any atom is 0.408 e. The van der Waals surface area contributed by atoms with E-state index in [1.54, 1.807) is 13.0 Å². The van der Waals surface area contributed by atoms with Gasteiger partial charge in [-0.2, -0.15) is 0 Å². The van der Waals surface area contributed by atoms with Crippen LogP contribution in [0.15, 0.2) is 11.6 Å². The van der Waals surface area contributed by atoms with E-state index in [9.17, 15) is 9.59 Å². The van der Waals surface area contributed by atoms with Gasteiger partial charge in [-0.05, 0) is 47.5 Å². The van der Waals surface area contributed by atoms with E-state index in [2.05, 4.69) is 10.6 Å². The van der Waals surface area contributed by atoms with Crippen LogP contribution in [-0.4, -0.2) is 29.7 Å². The average Bonchev–Trinajstić information content (AvgIpc) is 2.23. The number of nitrogens with one attached hydrogen (secondary N) is 2. The second-order valence-electron chi connectivity index (χ2n) is 6.89. The SMILES string of the molecule is C/C(=C/[C@@H](NC(=O)OC(C)(C)C)C(C)C)C(=O)NC(C)C. The van der Waals surface area contributed by atoms with E-state index in [1.807, 2.05) is 48.5 Å². The van der Waals surface area contributed by atoms with Gasteiger partial charge in [0, 0.05) is 11.6 Å². The second-order valence-corrected chi connectivity index (χ2v) is 6.89. The minimum Gasteiger partial charge on any atom is -0.444 e. The number of rotatable bonds is 5. The summed E-state index contributed by atoms with van der Waals surface area (Å²) in [7, 11) is 0. The third-order valence-corrected chi connectivity index (χ3v) is 2.61. The van der Waals surface area contributed by atoms with Crippen LogP contribution in [0.3, 0.4) is 0 Å². The molecule has 1 atom stereocenters. The molecule has 0 aromatic carbocycles. The van der Waals surface area contributed by atoms with Gasteiger partial charge in [0.1, 0.15) is 5.60 Å². The molecule has 0 aliphatic carbocycles. The summed E-state index contributed by atoms with van der Waals surface area (Å²) < 4.78 is 5.25. The van der Waals surface area contributed by atoms with Crippen molar-refractivity contribution >= 4 is 12.0 Å². The van der Waals surface area contributed by atoms with Gasteiger partial charge in [-0.1, -0.05) is 19.9 Å². The molecule has 0 fully saturated rings. The van der Waals surface area contributed by atoms with Crippen LogP contribution < -0.4 is 10.6 Å². The third-order valence-electron chi connectivity index (χ3n) is 2.61. The van der Waals surface area contributed by atoms with Crippen LogP contribution in [0, 0.1) is 5.92 Å². The second kappa shape index (κ2) is 8.05. The maximum atomic E-state index is 11.9. The lowest BCUT2D eigenvalue weighted by Crippen LogP contribution is -2.41. The van der Waals surface area contributed by atoms with Crippen molar-refractivity contribution in [1.29, 1.82) is 0 Å². The smallest absolute Gasteiger partial charge is 0.408 e. The molecule has 21 heavy (non-hydrogen) atoms. The molecule has 2 amide bonds. The van der Waals surface area contributed by atoms with Crippen molar-refractivity contribution in [2.24, 2.45) is 5.92 Å². The van der Waals surface area contributed by atoms with Crippen molar-refractivity contribution in [1.82, 2.24) is 10.6 Å². The Bertz CT molecular complexity index is 393. The fourth-order valence-corrected chi connectivity index (χ4v) is 1.57. The zero-order chi connectivity index (χ0) is 16.8. The van der Waals surface area contributed by atoms with Gasteiger partial charge in [0.2, 0.25) is 5.91 Å². The summed E-state index contributed by atoms with van der Waals surface area (Å²) in [6.45, 7) is 15.0. The predicted octanol–water partition coefficient (Wildman–Crippen LogP) is 3.01. The van der Waals surface area contributed by atoms with Crippen LogP contribution >= 0.6 is 0 Å². The number of amides is 2. The molecule has 0 aliphatic heterocycles. The maximum absolute atomic E-state index is 11.9. The molecule has 0 aromatic heterocycles. The summed E-state index contributed by atoms with van der Waals surface area (Å²) in [6.07, 6.45) is 1.29. The Balaban J connectivity index is 4.84. The molecule has 0 heterocycles. The highest BCUT2D eigenvalue weighted by atomic mass is 16.6. The third kappa shape index (κ3) is 9.10. The molecule has 0 bridgehead atoms. The Kier molecular flexibility index (Phi) is 7.47. The first-order valence-electron chi connectivity index (χ1n) is 7.41. The highest BCUT2D eigenvalue weighted by Crippen LogP contribution is 2.11. The summed E-state index contributed by atoms with van der Waals surface area (Å²) >= 11 is 0. The van der Waals surface area contributed by atoms with Crippen molar-refractivity contribution in [3.63, 3.8) is 0 Å². The molecule has 0 saturated carbocycles. The molecule has 5 heteroatoms. The Morgan fingerprint density at radius 2 is 1.57 bits per heavy atom. The number of alkyl carbamates (subject to hydrolysis) is 1. The van der Waals surface area contributed by atoms with Gasteiger partial charge >= 0.3 is 6.09 Å². The van der Waals surface area contributed by atoms with E-state index >= 15 is 0 Å². The molecule has 0 radical (unpaired) electrons. The molecule has 5 nitrogen and oxygen atoms in total. The summed E-state index contributed by atoms with van der Waals surface area (Å²) in [5.41, 5.74) is 0.0396. The average molecular weight is 298 g/mol. The largest absolute Gasteiger partial charge is 0.444 e. The number of hydrogen-bond donors (Lipinski definition) is 2. The first-order valence-corrected chi connectivity index (χ1v) is 7.41. The van der Waals surface area contributed by atoms with E-state index < -0.39 is 11.7 Å². The van der Waals surface area contributed by atoms with Crippen molar-refractivity contribution in [3.05, 3.63) is 11.6 Å². The fourth-order valence-electron chi connectivity index (χ4n) is 1.57. The van der Waals surface area contributed by atoms with Crippen LogP contribution in [0.4, 0.5) is 4.79 Å². The molecule has 122 valence electrons. The molecular weight excluding hydrogens is 268 g/mol. The van der Waals surface area contributed by atoms with Gasteiger partial charge < -0.3 is 15.4 Å². The van der Waals surface area contributed by atoms with Gasteiger partial charge in [0.25, 0.3) is 0 Å². The Morgan fingerprint density at radius 3 is 1.95 bits per heavy atom. The van der Waals surface area contributed by atoms with Gasteiger partial charge in [-0.25, -0.2) is 4.79 Å². The van der Waals surface area contributed by atoms with E-state index in [-0.39, 0.29) is 23.9 Å². The molecule has 0 unspecified atom stereocenters. The number of ether oxygens (including phenoxy) is 1. The Hall–Kier alpha value is -1.52. The van der Waals surface area contributed by atoms with E-state index in [0.717, 1.165) is 0 Å². The van der Waals surface area contributed by atoms with Gasteiger partial charge in [-0.15, -0.1) is 0 Å². The molecule has 0 aromatic rings. The van der Waals surface area contributed by atoms with E-state index in [0.29, 0.717) is 5.57 Å². The van der Waals surface area contributed by atoms with Crippen molar-refractivity contribution in [2.45, 2.75) is 73.1 Å². The van der Waals surface area contributed by atoms with Crippen LogP contribution in [0.25, 0.3) is 0 Å². The number of carbonyl (C=O) groups excluding carboxylic acids is 2. The summed E-state index contributed by atoms with van der Waals surface area (Å²) in [6, 6.07) is -0.171. The highest BCUT2D eigenvalue weighted by Gasteiger charge is 2.21. The highest BCUT2D eigenvalue weighted by molar-refractivity contribution is 5.93. The molecule has 2 N–H and O–H groups in total. The monoisotopic (exact) mass is 298 g/mol. The van der Waals surface area contributed by atoms with E-state index in [1.165, 1.54) is 0 Å². The van der Waals surface area contributed by atoms with Crippen molar-refractivity contribution in [2.75, 3.05) is 0 Å². The fraction of sp³-hybridized carbons (Fsp3) is 0.750. The predicted molar refractivity (Wildman–Crippen MR) is 85.0 cm³/mol. The lowest BCUT2D eigenvalue weighted by Gasteiger charge is -2.24. The molecule has 0 aliphatic rings. The molecule has 0 saturated heterocycles. The Labute approximate surface area is 128 Å². The molecular formula is C16H30N2O3. The summed E-state index contributed by atoms with van der Waals surface area (Å²) in [5, 5.41) is 5.62. The number of carbonyl (C=O) groups is 2. The van der Waals surface area contributed by atoms with Crippen LogP contribution in [0.5, 0.6) is 0 Å². The first kappa shape index (κ1) is 19.5. The van der Waals surface area contributed by atoms with E-state index in [4.69, 9.17) is 4.74 Å². The van der Waals surface area contributed by atoms with Crippen LogP contribution in [-0.2, 0) is 9.53 Å². The summed E-state index contributed by atoms with van der Waals surface area (Å²) in [4.78, 5) is 23.7. The molecule has 0 rings (SSSR count). The standard InChI is InChI=1S/C16H30N2O3/c1-10(2)13(18-15(20)21-16(6,7)8)9-12(5)14(19)17-11(3)4/h9-11,13H,1-8H3,(H,17,19)(H,18,20)/b12-9-/t13-/m1/s1. The van der Waals surface area contributed by atoms with Gasteiger partial charge in [0.05, 0.1) is 6.04 Å². The summed E-state index contributed by atoms with van der Waals surface area (Å²) in [5.74, 6) is 0.0287. The zero-order valence-corrected chi connectivity index (χ0v) is 14.5. The Morgan fingerprint density at radius 1 is 1.05 bits per heavy atom. The first-order chi connectivity index (χ1) is 9.42. The topological polar surface area (TPSA) is 67.4 Å². The number of hydrogen-bond acceptors (Lipinski definition) is 3. The zero-order valence-electron chi connectivity index (χ0n) is 14.5. The normalized spacial score (nSPS) is 14.1. The van der Waals surface area contributed by atoms with Gasteiger partial charge in [0.15, 0.2) is 0 Å². The molecule has 0 spiro atoms. The lowest BCUT2D eigenvalue weighted by atomic mass is 10.0. The quantitative estimate of drug-likeness (QED) is 0.767. The van der Waals surface area contributed by atoms with Crippen LogP contribution in [0.1, 0.15) is 55.4 Å². The minimum absolute atomic E-state index is 0.0807. The minimum atomic E-state index is -0.542. The van der Waals surface area contributed by atoms with Crippen molar-refractivity contribution in [3.8, 4) is 0 Å². The van der Waals surface area contributed by atoms with Crippen LogP contribution in [0.2, 0.25) is 0 Å². The van der Waals surface area contributed by atoms with Gasteiger partial charge in [-0.3, -0.25) is 4.79 Å².